The predicted molar refractivity (Wildman–Crippen MR) is 136 cm³/mol. The molecule has 1 aliphatic rings. The molecule has 2 aromatic carbocycles. The fourth-order valence-electron chi connectivity index (χ4n) is 4.08. The van der Waals surface area contributed by atoms with Crippen LogP contribution < -0.4 is 5.43 Å². The van der Waals surface area contributed by atoms with E-state index in [-0.39, 0.29) is 5.41 Å². The molecule has 3 rings (SSSR count). The summed E-state index contributed by atoms with van der Waals surface area (Å²) in [4.78, 5) is 0. The summed E-state index contributed by atoms with van der Waals surface area (Å²) in [5.74, 6) is 1.25. The van der Waals surface area contributed by atoms with Crippen molar-refractivity contribution in [1.29, 1.82) is 0 Å². The van der Waals surface area contributed by atoms with Crippen LogP contribution in [0.15, 0.2) is 77.4 Å². The molecule has 0 aromatic heterocycles. The minimum Gasteiger partial charge on any atom is -0.278 e. The summed E-state index contributed by atoms with van der Waals surface area (Å²) in [5.41, 5.74) is 11.1. The zero-order chi connectivity index (χ0) is 22.6. The van der Waals surface area contributed by atoms with E-state index in [1.54, 1.807) is 0 Å². The fourth-order valence-corrected chi connectivity index (χ4v) is 4.08. The highest BCUT2D eigenvalue weighted by atomic mass is 15.3. The summed E-state index contributed by atoms with van der Waals surface area (Å²) >= 11 is 0. The van der Waals surface area contributed by atoms with Crippen LogP contribution in [-0.4, -0.2) is 5.71 Å². The molecule has 2 aromatic rings. The van der Waals surface area contributed by atoms with Crippen molar-refractivity contribution in [2.24, 2.45) is 16.4 Å². The monoisotopic (exact) mass is 414 g/mol. The molecule has 0 saturated carbocycles. The lowest BCUT2D eigenvalue weighted by Gasteiger charge is -2.20. The van der Waals surface area contributed by atoms with Crippen molar-refractivity contribution < 1.29 is 0 Å². The number of rotatable bonds is 7. The Kier molecular flexibility index (Phi) is 7.20. The molecule has 0 saturated heterocycles. The molecular weight excluding hydrogens is 376 g/mol. The van der Waals surface area contributed by atoms with Crippen molar-refractivity contribution in [3.8, 4) is 0 Å². The third kappa shape index (κ3) is 5.76. The van der Waals surface area contributed by atoms with Crippen LogP contribution in [0.2, 0.25) is 0 Å². The molecule has 1 atom stereocenters. The van der Waals surface area contributed by atoms with E-state index in [1.807, 2.05) is 0 Å². The smallest absolute Gasteiger partial charge is 0.0688 e. The average molecular weight is 415 g/mol. The third-order valence-corrected chi connectivity index (χ3v) is 5.99. The van der Waals surface area contributed by atoms with Crippen LogP contribution >= 0.6 is 0 Å². The van der Waals surface area contributed by atoms with E-state index in [1.165, 1.54) is 22.3 Å². The largest absolute Gasteiger partial charge is 0.278 e. The van der Waals surface area contributed by atoms with Gasteiger partial charge in [0.25, 0.3) is 0 Å². The van der Waals surface area contributed by atoms with Gasteiger partial charge in [-0.2, -0.15) is 5.10 Å². The predicted octanol–water partition coefficient (Wildman–Crippen LogP) is 8.30. The number of anilines is 1. The number of nitrogens with zero attached hydrogens (tertiary/aromatic N) is 1. The second-order valence-corrected chi connectivity index (χ2v) is 10.3. The van der Waals surface area contributed by atoms with Gasteiger partial charge in [-0.25, -0.2) is 0 Å². The number of hydrazone groups is 1. The van der Waals surface area contributed by atoms with Gasteiger partial charge < -0.3 is 0 Å². The van der Waals surface area contributed by atoms with Gasteiger partial charge in [-0.1, -0.05) is 115 Å². The standard InChI is InChI=1S/C29H38N2/c1-20(2)25-14-11-15-26(21(3)4)28(25)31-30-27(23-12-9-8-10-13-23)19-22-16-17-24(18-22)29(5,6)7/h8-18,20-22,31H,19H2,1-7H3. The van der Waals surface area contributed by atoms with Crippen LogP contribution in [0, 0.1) is 11.3 Å². The summed E-state index contributed by atoms with van der Waals surface area (Å²) in [6.07, 6.45) is 7.89. The van der Waals surface area contributed by atoms with Crippen molar-refractivity contribution in [3.05, 3.63) is 89.0 Å². The first kappa shape index (κ1) is 23.1. The molecule has 0 fully saturated rings. The maximum absolute atomic E-state index is 5.00. The highest BCUT2D eigenvalue weighted by molar-refractivity contribution is 6.01. The Morgan fingerprint density at radius 1 is 0.903 bits per heavy atom. The molecule has 1 unspecified atom stereocenters. The minimum absolute atomic E-state index is 0.177. The summed E-state index contributed by atoms with van der Waals surface area (Å²) in [5, 5.41) is 5.00. The zero-order valence-electron chi connectivity index (χ0n) is 20.2. The Morgan fingerprint density at radius 2 is 1.52 bits per heavy atom. The molecule has 0 spiro atoms. The second-order valence-electron chi connectivity index (χ2n) is 10.3. The van der Waals surface area contributed by atoms with Crippen molar-refractivity contribution in [2.75, 3.05) is 5.43 Å². The summed E-state index contributed by atoms with van der Waals surface area (Å²) in [6.45, 7) is 15.8. The van der Waals surface area contributed by atoms with Gasteiger partial charge in [0.2, 0.25) is 0 Å². The van der Waals surface area contributed by atoms with Gasteiger partial charge in [0.15, 0.2) is 0 Å². The fraction of sp³-hybridized carbons (Fsp3) is 0.414. The Bertz CT molecular complexity index is 943. The van der Waals surface area contributed by atoms with Gasteiger partial charge in [-0.15, -0.1) is 0 Å². The van der Waals surface area contributed by atoms with E-state index in [0.29, 0.717) is 17.8 Å². The highest BCUT2D eigenvalue weighted by Crippen LogP contribution is 2.34. The number of nitrogens with one attached hydrogen (secondary N) is 1. The maximum atomic E-state index is 5.00. The van der Waals surface area contributed by atoms with Crippen LogP contribution in [0.1, 0.15) is 83.4 Å². The first-order chi connectivity index (χ1) is 14.7. The SMILES string of the molecule is CC(C)c1cccc(C(C)C)c1NN=C(CC1C=CC(C(C)(C)C)=C1)c1ccccc1. The molecular formula is C29H38N2. The van der Waals surface area contributed by atoms with E-state index in [2.05, 4.69) is 121 Å². The van der Waals surface area contributed by atoms with E-state index < -0.39 is 0 Å². The first-order valence-electron chi connectivity index (χ1n) is 11.6. The van der Waals surface area contributed by atoms with Crippen molar-refractivity contribution in [3.63, 3.8) is 0 Å². The lowest BCUT2D eigenvalue weighted by molar-refractivity contribution is 0.516. The molecule has 1 N–H and O–H groups in total. The summed E-state index contributed by atoms with van der Waals surface area (Å²) in [7, 11) is 0. The van der Waals surface area contributed by atoms with E-state index in [0.717, 1.165) is 17.8 Å². The van der Waals surface area contributed by atoms with E-state index in [9.17, 15) is 0 Å². The van der Waals surface area contributed by atoms with E-state index >= 15 is 0 Å². The number of hydrogen-bond donors (Lipinski definition) is 1. The van der Waals surface area contributed by atoms with Gasteiger partial charge >= 0.3 is 0 Å². The topological polar surface area (TPSA) is 24.4 Å². The summed E-state index contributed by atoms with van der Waals surface area (Å²) in [6, 6.07) is 17.2. The van der Waals surface area contributed by atoms with Gasteiger partial charge in [0.05, 0.1) is 11.4 Å². The molecule has 31 heavy (non-hydrogen) atoms. The average Bonchev–Trinajstić information content (AvgIpc) is 3.20. The normalized spacial score (nSPS) is 16.9. The molecule has 1 aliphatic carbocycles. The number of benzene rings is 2. The number of para-hydroxylation sites is 1. The van der Waals surface area contributed by atoms with Crippen LogP contribution in [0.25, 0.3) is 0 Å². The van der Waals surface area contributed by atoms with Crippen molar-refractivity contribution in [1.82, 2.24) is 0 Å². The van der Waals surface area contributed by atoms with Crippen molar-refractivity contribution in [2.45, 2.75) is 66.7 Å². The van der Waals surface area contributed by atoms with Crippen LogP contribution in [0.5, 0.6) is 0 Å². The van der Waals surface area contributed by atoms with Crippen LogP contribution in [0.4, 0.5) is 5.69 Å². The van der Waals surface area contributed by atoms with Gasteiger partial charge in [-0.3, -0.25) is 5.43 Å². The Hall–Kier alpha value is -2.61. The lowest BCUT2D eigenvalue weighted by Crippen LogP contribution is -2.11. The third-order valence-electron chi connectivity index (χ3n) is 5.99. The van der Waals surface area contributed by atoms with Crippen molar-refractivity contribution >= 4 is 11.4 Å². The van der Waals surface area contributed by atoms with Gasteiger partial charge in [-0.05, 0) is 39.5 Å². The Morgan fingerprint density at radius 3 is 2.03 bits per heavy atom. The molecule has 2 heteroatoms. The molecule has 0 amide bonds. The second kappa shape index (κ2) is 9.68. The Balaban J connectivity index is 1.96. The van der Waals surface area contributed by atoms with Gasteiger partial charge in [0, 0.05) is 12.3 Å². The minimum atomic E-state index is 0.177. The zero-order valence-corrected chi connectivity index (χ0v) is 20.2. The quantitative estimate of drug-likeness (QED) is 0.357. The highest BCUT2D eigenvalue weighted by Gasteiger charge is 2.22. The number of allylic oxidation sites excluding steroid dienone is 4. The van der Waals surface area contributed by atoms with Gasteiger partial charge in [0.1, 0.15) is 0 Å². The molecule has 0 radical (unpaired) electrons. The number of hydrogen-bond acceptors (Lipinski definition) is 2. The summed E-state index contributed by atoms with van der Waals surface area (Å²) < 4.78 is 0. The lowest BCUT2D eigenvalue weighted by atomic mass is 9.87. The molecule has 0 heterocycles. The van der Waals surface area contributed by atoms with E-state index in [4.69, 9.17) is 5.10 Å². The first-order valence-corrected chi connectivity index (χ1v) is 11.6. The van der Waals surface area contributed by atoms with Crippen LogP contribution in [0.3, 0.4) is 0 Å². The molecule has 164 valence electrons. The molecule has 0 aliphatic heterocycles. The maximum Gasteiger partial charge on any atom is 0.0688 e. The molecule has 0 bridgehead atoms. The van der Waals surface area contributed by atoms with Crippen LogP contribution in [-0.2, 0) is 0 Å². The Labute approximate surface area is 189 Å². The molecule has 2 nitrogen and oxygen atoms in total.